The maximum Gasteiger partial charge on any atom is 0.335 e. The molecular formula is C19H16O2. The van der Waals surface area contributed by atoms with Gasteiger partial charge in [0, 0.05) is 0 Å². The van der Waals surface area contributed by atoms with Crippen molar-refractivity contribution in [2.45, 2.75) is 13.8 Å². The smallest absolute Gasteiger partial charge is 0.335 e. The van der Waals surface area contributed by atoms with E-state index in [1.54, 1.807) is 12.1 Å². The van der Waals surface area contributed by atoms with E-state index < -0.39 is 5.97 Å². The van der Waals surface area contributed by atoms with Gasteiger partial charge in [-0.05, 0) is 59.0 Å². The Hall–Kier alpha value is -2.61. The zero-order chi connectivity index (χ0) is 15.0. The summed E-state index contributed by atoms with van der Waals surface area (Å²) in [4.78, 5) is 11.3. The number of aromatic carboxylic acids is 1. The number of carbonyl (C=O) groups is 1. The average molecular weight is 276 g/mol. The molecule has 0 saturated heterocycles. The van der Waals surface area contributed by atoms with Crippen LogP contribution in [0.2, 0.25) is 0 Å². The SMILES string of the molecule is Cc1ccc(-c2cc(C(=O)O)cc3ccccc23)cc1C. The van der Waals surface area contributed by atoms with E-state index >= 15 is 0 Å². The minimum atomic E-state index is -0.897. The van der Waals surface area contributed by atoms with Gasteiger partial charge in [-0.2, -0.15) is 0 Å². The van der Waals surface area contributed by atoms with Crippen LogP contribution in [0.1, 0.15) is 21.5 Å². The summed E-state index contributed by atoms with van der Waals surface area (Å²) in [6, 6.07) is 17.6. The van der Waals surface area contributed by atoms with Crippen molar-refractivity contribution in [3.05, 3.63) is 71.3 Å². The number of carboxylic acid groups (broad SMARTS) is 1. The molecule has 0 heterocycles. The normalized spacial score (nSPS) is 10.8. The number of hydrogen-bond donors (Lipinski definition) is 1. The summed E-state index contributed by atoms with van der Waals surface area (Å²) in [6.45, 7) is 4.15. The van der Waals surface area contributed by atoms with Crippen molar-refractivity contribution >= 4 is 16.7 Å². The number of carboxylic acids is 1. The van der Waals surface area contributed by atoms with Crippen molar-refractivity contribution in [1.29, 1.82) is 0 Å². The van der Waals surface area contributed by atoms with E-state index in [0.29, 0.717) is 5.56 Å². The van der Waals surface area contributed by atoms with Crippen LogP contribution in [0, 0.1) is 13.8 Å². The second-order valence-corrected chi connectivity index (χ2v) is 5.35. The van der Waals surface area contributed by atoms with Crippen molar-refractivity contribution < 1.29 is 9.90 Å². The third-order valence-electron chi connectivity index (χ3n) is 3.93. The number of aryl methyl sites for hydroxylation is 2. The van der Waals surface area contributed by atoms with E-state index in [2.05, 4.69) is 32.0 Å². The highest BCUT2D eigenvalue weighted by atomic mass is 16.4. The van der Waals surface area contributed by atoms with Crippen molar-refractivity contribution in [3.8, 4) is 11.1 Å². The largest absolute Gasteiger partial charge is 0.478 e. The Morgan fingerprint density at radius 1 is 0.905 bits per heavy atom. The van der Waals surface area contributed by atoms with Crippen LogP contribution in [0.4, 0.5) is 0 Å². The molecule has 0 unspecified atom stereocenters. The van der Waals surface area contributed by atoms with E-state index in [-0.39, 0.29) is 0 Å². The third-order valence-corrected chi connectivity index (χ3v) is 3.93. The molecule has 2 nitrogen and oxygen atoms in total. The van der Waals surface area contributed by atoms with Gasteiger partial charge >= 0.3 is 5.97 Å². The summed E-state index contributed by atoms with van der Waals surface area (Å²) in [6.07, 6.45) is 0. The molecule has 3 aromatic rings. The standard InChI is InChI=1S/C19H16O2/c1-12-7-8-15(9-13(12)2)18-11-16(19(20)21)10-14-5-3-4-6-17(14)18/h3-11H,1-2H3,(H,20,21). The first-order valence-corrected chi connectivity index (χ1v) is 6.90. The molecule has 3 aromatic carbocycles. The van der Waals surface area contributed by atoms with Gasteiger partial charge in [-0.1, -0.05) is 42.5 Å². The highest BCUT2D eigenvalue weighted by Gasteiger charge is 2.10. The predicted molar refractivity (Wildman–Crippen MR) is 85.8 cm³/mol. The topological polar surface area (TPSA) is 37.3 Å². The van der Waals surface area contributed by atoms with E-state index in [9.17, 15) is 9.90 Å². The molecule has 21 heavy (non-hydrogen) atoms. The Kier molecular flexibility index (Phi) is 3.22. The molecule has 0 fully saturated rings. The number of fused-ring (bicyclic) bond motifs is 1. The fraction of sp³-hybridized carbons (Fsp3) is 0.105. The summed E-state index contributed by atoms with van der Waals surface area (Å²) in [5, 5.41) is 11.3. The van der Waals surface area contributed by atoms with Gasteiger partial charge in [0.25, 0.3) is 0 Å². The highest BCUT2D eigenvalue weighted by Crippen LogP contribution is 2.31. The van der Waals surface area contributed by atoms with Gasteiger partial charge in [-0.15, -0.1) is 0 Å². The minimum Gasteiger partial charge on any atom is -0.478 e. The molecule has 0 bridgehead atoms. The third kappa shape index (κ3) is 2.40. The number of benzene rings is 3. The first-order valence-electron chi connectivity index (χ1n) is 6.90. The van der Waals surface area contributed by atoms with Gasteiger partial charge in [0.05, 0.1) is 5.56 Å². The van der Waals surface area contributed by atoms with Crippen LogP contribution in [-0.4, -0.2) is 11.1 Å². The first-order chi connectivity index (χ1) is 10.1. The summed E-state index contributed by atoms with van der Waals surface area (Å²) >= 11 is 0. The van der Waals surface area contributed by atoms with E-state index in [1.165, 1.54) is 11.1 Å². The lowest BCUT2D eigenvalue weighted by Gasteiger charge is -2.11. The summed E-state index contributed by atoms with van der Waals surface area (Å²) < 4.78 is 0. The fourth-order valence-electron chi connectivity index (χ4n) is 2.58. The zero-order valence-corrected chi connectivity index (χ0v) is 12.1. The summed E-state index contributed by atoms with van der Waals surface area (Å²) in [5.41, 5.74) is 4.78. The van der Waals surface area contributed by atoms with Crippen molar-refractivity contribution in [2.75, 3.05) is 0 Å². The van der Waals surface area contributed by atoms with Crippen LogP contribution < -0.4 is 0 Å². The van der Waals surface area contributed by atoms with Crippen LogP contribution in [-0.2, 0) is 0 Å². The van der Waals surface area contributed by atoms with Gasteiger partial charge in [0.1, 0.15) is 0 Å². The zero-order valence-electron chi connectivity index (χ0n) is 12.1. The van der Waals surface area contributed by atoms with Gasteiger partial charge in [0.15, 0.2) is 0 Å². The van der Waals surface area contributed by atoms with Gasteiger partial charge in [-0.25, -0.2) is 4.79 Å². The minimum absolute atomic E-state index is 0.321. The highest BCUT2D eigenvalue weighted by molar-refractivity contribution is 6.02. The van der Waals surface area contributed by atoms with Crippen LogP contribution in [0.15, 0.2) is 54.6 Å². The van der Waals surface area contributed by atoms with Crippen LogP contribution in [0.3, 0.4) is 0 Å². The quantitative estimate of drug-likeness (QED) is 0.728. The van der Waals surface area contributed by atoms with Crippen LogP contribution >= 0.6 is 0 Å². The molecule has 0 spiro atoms. The Balaban J connectivity index is 2.33. The Morgan fingerprint density at radius 3 is 2.38 bits per heavy atom. The fourth-order valence-corrected chi connectivity index (χ4v) is 2.58. The lowest BCUT2D eigenvalue weighted by Crippen LogP contribution is -1.97. The molecule has 0 aliphatic heterocycles. The molecule has 2 heteroatoms. The Bertz CT molecular complexity index is 847. The lowest BCUT2D eigenvalue weighted by atomic mass is 9.94. The lowest BCUT2D eigenvalue weighted by molar-refractivity contribution is 0.0697. The maximum absolute atomic E-state index is 11.3. The average Bonchev–Trinajstić information content (AvgIpc) is 2.49. The molecule has 0 saturated carbocycles. The molecular weight excluding hydrogens is 260 g/mol. The number of hydrogen-bond acceptors (Lipinski definition) is 1. The molecule has 0 radical (unpaired) electrons. The molecule has 0 atom stereocenters. The summed E-state index contributed by atoms with van der Waals surface area (Å²) in [5.74, 6) is -0.897. The number of rotatable bonds is 2. The van der Waals surface area contributed by atoms with Gasteiger partial charge in [-0.3, -0.25) is 0 Å². The molecule has 104 valence electrons. The summed E-state index contributed by atoms with van der Waals surface area (Å²) in [7, 11) is 0. The molecule has 0 aromatic heterocycles. The molecule has 0 aliphatic carbocycles. The first kappa shape index (κ1) is 13.4. The molecule has 1 N–H and O–H groups in total. The second-order valence-electron chi connectivity index (χ2n) is 5.35. The Labute approximate surface area is 123 Å². The Morgan fingerprint density at radius 2 is 1.67 bits per heavy atom. The van der Waals surface area contributed by atoms with Crippen LogP contribution in [0.25, 0.3) is 21.9 Å². The van der Waals surface area contributed by atoms with Crippen molar-refractivity contribution in [3.63, 3.8) is 0 Å². The molecule has 0 aliphatic rings. The van der Waals surface area contributed by atoms with E-state index in [1.807, 2.05) is 24.3 Å². The van der Waals surface area contributed by atoms with E-state index in [0.717, 1.165) is 21.9 Å². The van der Waals surface area contributed by atoms with Crippen molar-refractivity contribution in [2.24, 2.45) is 0 Å². The van der Waals surface area contributed by atoms with Crippen molar-refractivity contribution in [1.82, 2.24) is 0 Å². The van der Waals surface area contributed by atoms with Crippen LogP contribution in [0.5, 0.6) is 0 Å². The van der Waals surface area contributed by atoms with Gasteiger partial charge in [0.2, 0.25) is 0 Å². The monoisotopic (exact) mass is 276 g/mol. The maximum atomic E-state index is 11.3. The van der Waals surface area contributed by atoms with E-state index in [4.69, 9.17) is 0 Å². The molecule has 0 amide bonds. The predicted octanol–water partition coefficient (Wildman–Crippen LogP) is 4.82. The second kappa shape index (κ2) is 5.06. The van der Waals surface area contributed by atoms with Gasteiger partial charge < -0.3 is 5.11 Å². The molecule has 3 rings (SSSR count).